The van der Waals surface area contributed by atoms with Gasteiger partial charge in [0.25, 0.3) is 5.69 Å². The smallest absolute Gasteiger partial charge is 0.269 e. The second-order valence-corrected chi connectivity index (χ2v) is 6.50. The van der Waals surface area contributed by atoms with Crippen LogP contribution in [-0.2, 0) is 5.66 Å². The van der Waals surface area contributed by atoms with Gasteiger partial charge in [-0.3, -0.25) is 10.1 Å². The number of anilines is 1. The number of benzene rings is 2. The first-order valence-corrected chi connectivity index (χ1v) is 8.00. The third-order valence-electron chi connectivity index (χ3n) is 3.63. The average Bonchev–Trinajstić information content (AvgIpc) is 2.83. The van der Waals surface area contributed by atoms with E-state index in [1.54, 1.807) is 17.1 Å². The first-order chi connectivity index (χ1) is 10.9. The zero-order chi connectivity index (χ0) is 16.6. The summed E-state index contributed by atoms with van der Waals surface area (Å²) < 4.78 is 0.954. The monoisotopic (exact) mass is 392 g/mol. The number of hydrogen-bond acceptors (Lipinski definition) is 4. The van der Waals surface area contributed by atoms with E-state index in [1.165, 1.54) is 12.1 Å². The number of nitrogens with one attached hydrogen (secondary N) is 2. The van der Waals surface area contributed by atoms with Crippen molar-refractivity contribution < 1.29 is 4.92 Å². The quantitative estimate of drug-likeness (QED) is 0.473. The number of halogens is 1. The van der Waals surface area contributed by atoms with Gasteiger partial charge in [-0.25, -0.2) is 5.01 Å². The summed E-state index contributed by atoms with van der Waals surface area (Å²) in [5.74, 6) is 0. The van der Waals surface area contributed by atoms with E-state index >= 15 is 0 Å². The Bertz CT molecular complexity index is 783. The first-order valence-electron chi connectivity index (χ1n) is 6.80. The molecule has 1 fully saturated rings. The molecular formula is C15H13BrN4O2S. The molecule has 0 spiro atoms. The standard InChI is InChI=1S/C15H13BrN4O2S/c1-15(12-4-2-3-5-13(12)16)17-14(23)19(18-15)10-6-8-11(9-7-10)20(21)22/h2-9,18H,1H3,(H,17,23). The molecule has 0 aliphatic carbocycles. The Kier molecular flexibility index (Phi) is 4.05. The molecule has 2 N–H and O–H groups in total. The molecule has 118 valence electrons. The van der Waals surface area contributed by atoms with Gasteiger partial charge >= 0.3 is 0 Å². The largest absolute Gasteiger partial charge is 0.338 e. The van der Waals surface area contributed by atoms with Gasteiger partial charge in [0, 0.05) is 22.2 Å². The van der Waals surface area contributed by atoms with E-state index in [2.05, 4.69) is 26.7 Å². The van der Waals surface area contributed by atoms with E-state index in [4.69, 9.17) is 12.2 Å². The fourth-order valence-corrected chi connectivity index (χ4v) is 3.51. The Labute approximate surface area is 146 Å². The van der Waals surface area contributed by atoms with E-state index in [1.807, 2.05) is 31.2 Å². The second kappa shape index (κ2) is 5.88. The van der Waals surface area contributed by atoms with Crippen LogP contribution in [0.1, 0.15) is 12.5 Å². The third-order valence-corrected chi connectivity index (χ3v) is 4.60. The number of hydrogen-bond donors (Lipinski definition) is 2. The molecule has 6 nitrogen and oxygen atoms in total. The number of nitro groups is 1. The molecular weight excluding hydrogens is 380 g/mol. The van der Waals surface area contributed by atoms with Crippen LogP contribution in [0.4, 0.5) is 11.4 Å². The summed E-state index contributed by atoms with van der Waals surface area (Å²) in [6.07, 6.45) is 0. The fourth-order valence-electron chi connectivity index (χ4n) is 2.47. The van der Waals surface area contributed by atoms with Gasteiger partial charge in [0.15, 0.2) is 5.11 Å². The lowest BCUT2D eigenvalue weighted by atomic mass is 10.0. The number of nitrogens with zero attached hydrogens (tertiary/aromatic N) is 2. The zero-order valence-electron chi connectivity index (χ0n) is 12.1. The molecule has 8 heteroatoms. The number of nitro benzene ring substituents is 1. The predicted molar refractivity (Wildman–Crippen MR) is 95.9 cm³/mol. The van der Waals surface area contributed by atoms with Crippen LogP contribution in [0.2, 0.25) is 0 Å². The van der Waals surface area contributed by atoms with Gasteiger partial charge in [-0.1, -0.05) is 34.1 Å². The maximum Gasteiger partial charge on any atom is 0.269 e. The molecule has 1 aliphatic rings. The van der Waals surface area contributed by atoms with Crippen molar-refractivity contribution in [2.75, 3.05) is 5.01 Å². The molecule has 2 aromatic rings. The van der Waals surface area contributed by atoms with Crippen LogP contribution >= 0.6 is 28.1 Å². The Hall–Kier alpha value is -2.03. The summed E-state index contributed by atoms with van der Waals surface area (Å²) in [6.45, 7) is 1.98. The third kappa shape index (κ3) is 2.92. The van der Waals surface area contributed by atoms with Crippen LogP contribution in [0.25, 0.3) is 0 Å². The second-order valence-electron chi connectivity index (χ2n) is 5.26. The highest BCUT2D eigenvalue weighted by Crippen LogP contribution is 2.31. The molecule has 23 heavy (non-hydrogen) atoms. The van der Waals surface area contributed by atoms with Crippen LogP contribution in [0.5, 0.6) is 0 Å². The minimum Gasteiger partial charge on any atom is -0.338 e. The number of hydrazine groups is 1. The number of non-ortho nitro benzene ring substituents is 1. The van der Waals surface area contributed by atoms with Crippen LogP contribution in [0, 0.1) is 10.1 Å². The first kappa shape index (κ1) is 15.9. The fraction of sp³-hybridized carbons (Fsp3) is 0.133. The SMILES string of the molecule is CC1(c2ccccc2Br)NC(=S)N(c2ccc([N+](=O)[O-])cc2)N1. The summed E-state index contributed by atoms with van der Waals surface area (Å²) in [7, 11) is 0. The molecule has 1 unspecified atom stereocenters. The van der Waals surface area contributed by atoms with Gasteiger partial charge in [0.05, 0.1) is 10.6 Å². The lowest BCUT2D eigenvalue weighted by Gasteiger charge is -2.27. The molecule has 2 aromatic carbocycles. The van der Waals surface area contributed by atoms with E-state index in [-0.39, 0.29) is 5.69 Å². The van der Waals surface area contributed by atoms with Crippen molar-refractivity contribution in [2.24, 2.45) is 0 Å². The summed E-state index contributed by atoms with van der Waals surface area (Å²) in [5.41, 5.74) is 4.51. The summed E-state index contributed by atoms with van der Waals surface area (Å²) in [6, 6.07) is 14.1. The van der Waals surface area contributed by atoms with Crippen LogP contribution in [0.3, 0.4) is 0 Å². The maximum absolute atomic E-state index is 10.8. The molecule has 1 heterocycles. The molecule has 1 aliphatic heterocycles. The Balaban J connectivity index is 1.90. The zero-order valence-corrected chi connectivity index (χ0v) is 14.5. The highest BCUT2D eigenvalue weighted by molar-refractivity contribution is 9.10. The molecule has 0 aromatic heterocycles. The Morgan fingerprint density at radius 3 is 2.48 bits per heavy atom. The van der Waals surface area contributed by atoms with Crippen molar-refractivity contribution in [1.82, 2.24) is 10.7 Å². The predicted octanol–water partition coefficient (Wildman–Crippen LogP) is 3.43. The lowest BCUT2D eigenvalue weighted by Crippen LogP contribution is -2.46. The average molecular weight is 393 g/mol. The van der Waals surface area contributed by atoms with Gasteiger partial charge < -0.3 is 5.32 Å². The van der Waals surface area contributed by atoms with Gasteiger partial charge in [0.1, 0.15) is 5.66 Å². The van der Waals surface area contributed by atoms with E-state index < -0.39 is 10.6 Å². The summed E-state index contributed by atoms with van der Waals surface area (Å²) >= 11 is 8.95. The van der Waals surface area contributed by atoms with Gasteiger partial charge in [0.2, 0.25) is 0 Å². The molecule has 1 atom stereocenters. The normalized spacial score (nSPS) is 20.4. The van der Waals surface area contributed by atoms with Gasteiger partial charge in [-0.15, -0.1) is 0 Å². The van der Waals surface area contributed by atoms with Crippen molar-refractivity contribution in [1.29, 1.82) is 0 Å². The van der Waals surface area contributed by atoms with E-state index in [0.29, 0.717) is 5.11 Å². The van der Waals surface area contributed by atoms with Crippen LogP contribution in [0.15, 0.2) is 53.0 Å². The van der Waals surface area contributed by atoms with Gasteiger partial charge in [-0.05, 0) is 37.3 Å². The molecule has 0 bridgehead atoms. The molecule has 1 saturated heterocycles. The van der Waals surface area contributed by atoms with E-state index in [9.17, 15) is 10.1 Å². The Morgan fingerprint density at radius 2 is 1.87 bits per heavy atom. The lowest BCUT2D eigenvalue weighted by molar-refractivity contribution is -0.384. The van der Waals surface area contributed by atoms with Crippen molar-refractivity contribution in [3.05, 3.63) is 68.7 Å². The van der Waals surface area contributed by atoms with Crippen molar-refractivity contribution in [2.45, 2.75) is 12.6 Å². The molecule has 0 radical (unpaired) electrons. The van der Waals surface area contributed by atoms with Crippen molar-refractivity contribution in [3.8, 4) is 0 Å². The molecule has 0 amide bonds. The maximum atomic E-state index is 10.8. The minimum atomic E-state index is -0.584. The topological polar surface area (TPSA) is 70.4 Å². The number of thiocarbonyl (C=S) groups is 1. The highest BCUT2D eigenvalue weighted by Gasteiger charge is 2.39. The van der Waals surface area contributed by atoms with E-state index in [0.717, 1.165) is 15.7 Å². The Morgan fingerprint density at radius 1 is 1.22 bits per heavy atom. The van der Waals surface area contributed by atoms with Gasteiger partial charge in [-0.2, -0.15) is 5.43 Å². The van der Waals surface area contributed by atoms with Crippen LogP contribution in [-0.4, -0.2) is 10.0 Å². The highest BCUT2D eigenvalue weighted by atomic mass is 79.9. The van der Waals surface area contributed by atoms with Crippen molar-refractivity contribution >= 4 is 44.6 Å². The summed E-state index contributed by atoms with van der Waals surface area (Å²) in [5, 5.41) is 16.2. The van der Waals surface area contributed by atoms with Crippen LogP contribution < -0.4 is 15.8 Å². The molecule has 0 saturated carbocycles. The van der Waals surface area contributed by atoms with Crippen molar-refractivity contribution in [3.63, 3.8) is 0 Å². The summed E-state index contributed by atoms with van der Waals surface area (Å²) in [4.78, 5) is 10.3. The number of rotatable bonds is 3. The minimum absolute atomic E-state index is 0.0420. The molecule has 3 rings (SSSR count).